The first-order valence-electron chi connectivity index (χ1n) is 9.57. The number of hydrogen-bond donors (Lipinski definition) is 1. The molecule has 1 N–H and O–H groups in total. The summed E-state index contributed by atoms with van der Waals surface area (Å²) in [5, 5.41) is 3.33. The maximum atomic E-state index is 13.2. The van der Waals surface area contributed by atoms with Crippen LogP contribution in [-0.4, -0.2) is 15.5 Å². The van der Waals surface area contributed by atoms with Gasteiger partial charge in [-0.05, 0) is 48.0 Å². The molecule has 168 valence electrons. The minimum Gasteiger partial charge on any atom is -0.346 e. The standard InChI is InChI=1S/C23H14Cl2F3N3O2/c24-15-9-8-13(17(25)11-15)12-29-21(32)20-22(33)31(19-7-2-1-6-18(19)30-20)16-5-3-4-14(10-16)23(26,27)28/h1-11H,12H2,(H,29,32). The molecule has 0 bridgehead atoms. The maximum absolute atomic E-state index is 13.2. The van der Waals surface area contributed by atoms with Crippen molar-refractivity contribution in [3.05, 3.63) is 104 Å². The summed E-state index contributed by atoms with van der Waals surface area (Å²) < 4.78 is 40.8. The average Bonchev–Trinajstić information content (AvgIpc) is 2.77. The number of nitrogens with zero attached hydrogens (tertiary/aromatic N) is 2. The molecule has 10 heteroatoms. The first kappa shape index (κ1) is 22.8. The molecule has 0 saturated heterocycles. The highest BCUT2D eigenvalue weighted by Crippen LogP contribution is 2.30. The first-order chi connectivity index (χ1) is 15.6. The Balaban J connectivity index is 1.79. The third kappa shape index (κ3) is 4.72. The monoisotopic (exact) mass is 491 g/mol. The fraction of sp³-hybridized carbons (Fsp3) is 0.0870. The molecule has 4 rings (SSSR count). The average molecular weight is 492 g/mol. The van der Waals surface area contributed by atoms with E-state index in [4.69, 9.17) is 23.2 Å². The van der Waals surface area contributed by atoms with Gasteiger partial charge in [0.15, 0.2) is 5.69 Å². The van der Waals surface area contributed by atoms with Crippen LogP contribution in [0, 0.1) is 0 Å². The van der Waals surface area contributed by atoms with E-state index in [1.807, 2.05) is 0 Å². The minimum absolute atomic E-state index is 0.00760. The normalized spacial score (nSPS) is 11.5. The van der Waals surface area contributed by atoms with Crippen molar-refractivity contribution in [3.63, 3.8) is 0 Å². The van der Waals surface area contributed by atoms with E-state index in [1.54, 1.807) is 36.4 Å². The smallest absolute Gasteiger partial charge is 0.346 e. The van der Waals surface area contributed by atoms with Crippen molar-refractivity contribution in [1.82, 2.24) is 14.9 Å². The van der Waals surface area contributed by atoms with Crippen LogP contribution in [0.15, 0.2) is 71.5 Å². The fourth-order valence-electron chi connectivity index (χ4n) is 3.28. The number of amides is 1. The molecule has 0 unspecified atom stereocenters. The van der Waals surface area contributed by atoms with Gasteiger partial charge in [-0.3, -0.25) is 14.2 Å². The van der Waals surface area contributed by atoms with Crippen LogP contribution in [0.2, 0.25) is 10.0 Å². The number of rotatable bonds is 4. The number of para-hydroxylation sites is 2. The molecular weight excluding hydrogens is 478 g/mol. The zero-order chi connectivity index (χ0) is 23.8. The first-order valence-corrected chi connectivity index (χ1v) is 10.3. The molecule has 3 aromatic carbocycles. The second-order valence-electron chi connectivity index (χ2n) is 7.06. The van der Waals surface area contributed by atoms with E-state index in [1.165, 1.54) is 18.2 Å². The number of halogens is 5. The highest BCUT2D eigenvalue weighted by Gasteiger charge is 2.31. The molecule has 0 aliphatic rings. The van der Waals surface area contributed by atoms with Gasteiger partial charge < -0.3 is 5.32 Å². The summed E-state index contributed by atoms with van der Waals surface area (Å²) in [6.45, 7) is -0.00760. The van der Waals surface area contributed by atoms with Crippen molar-refractivity contribution in [2.45, 2.75) is 12.7 Å². The van der Waals surface area contributed by atoms with Gasteiger partial charge in [0, 0.05) is 22.3 Å². The fourth-order valence-corrected chi connectivity index (χ4v) is 3.76. The van der Waals surface area contributed by atoms with E-state index in [9.17, 15) is 22.8 Å². The molecule has 0 saturated carbocycles. The zero-order valence-corrected chi connectivity index (χ0v) is 18.2. The Morgan fingerprint density at radius 1 is 1.00 bits per heavy atom. The van der Waals surface area contributed by atoms with Crippen LogP contribution in [0.5, 0.6) is 0 Å². The molecule has 0 radical (unpaired) electrons. The van der Waals surface area contributed by atoms with Crippen molar-refractivity contribution in [3.8, 4) is 5.69 Å². The molecule has 1 heterocycles. The lowest BCUT2D eigenvalue weighted by atomic mass is 10.1. The molecule has 0 spiro atoms. The van der Waals surface area contributed by atoms with E-state index in [0.717, 1.165) is 16.7 Å². The predicted octanol–water partition coefficient (Wildman–Crippen LogP) is 5.64. The summed E-state index contributed by atoms with van der Waals surface area (Å²) in [5.74, 6) is -0.794. The van der Waals surface area contributed by atoms with Crippen molar-refractivity contribution in [2.75, 3.05) is 0 Å². The van der Waals surface area contributed by atoms with Gasteiger partial charge >= 0.3 is 6.18 Å². The van der Waals surface area contributed by atoms with E-state index in [0.29, 0.717) is 15.6 Å². The van der Waals surface area contributed by atoms with Crippen molar-refractivity contribution in [2.24, 2.45) is 0 Å². The predicted molar refractivity (Wildman–Crippen MR) is 120 cm³/mol. The Kier molecular flexibility index (Phi) is 6.14. The van der Waals surface area contributed by atoms with Gasteiger partial charge in [0.25, 0.3) is 11.5 Å². The molecule has 4 aromatic rings. The molecule has 1 aromatic heterocycles. The molecule has 0 fully saturated rings. The summed E-state index contributed by atoms with van der Waals surface area (Å²) in [5.41, 5.74) is -1.18. The lowest BCUT2D eigenvalue weighted by molar-refractivity contribution is -0.137. The van der Waals surface area contributed by atoms with Gasteiger partial charge in [0.1, 0.15) is 0 Å². The van der Waals surface area contributed by atoms with E-state index in [2.05, 4.69) is 10.3 Å². The Labute approximate surface area is 195 Å². The van der Waals surface area contributed by atoms with Crippen LogP contribution >= 0.6 is 23.2 Å². The number of alkyl halides is 3. The number of carbonyl (C=O) groups excluding carboxylic acids is 1. The van der Waals surface area contributed by atoms with E-state index < -0.39 is 28.9 Å². The molecule has 1 amide bonds. The quantitative estimate of drug-likeness (QED) is 0.401. The third-order valence-corrected chi connectivity index (χ3v) is 5.45. The summed E-state index contributed by atoms with van der Waals surface area (Å²) in [4.78, 5) is 30.2. The summed E-state index contributed by atoms with van der Waals surface area (Å²) in [6, 6.07) is 15.4. The van der Waals surface area contributed by atoms with Crippen molar-refractivity contribution in [1.29, 1.82) is 0 Å². The zero-order valence-electron chi connectivity index (χ0n) is 16.7. The summed E-state index contributed by atoms with van der Waals surface area (Å²) >= 11 is 12.0. The van der Waals surface area contributed by atoms with Crippen molar-refractivity contribution < 1.29 is 18.0 Å². The molecule has 33 heavy (non-hydrogen) atoms. The lowest BCUT2D eigenvalue weighted by Crippen LogP contribution is -2.34. The third-order valence-electron chi connectivity index (χ3n) is 4.86. The molecule has 0 aliphatic carbocycles. The van der Waals surface area contributed by atoms with Crippen LogP contribution < -0.4 is 10.9 Å². The van der Waals surface area contributed by atoms with Gasteiger partial charge in [0.05, 0.1) is 16.6 Å². The minimum atomic E-state index is -4.60. The topological polar surface area (TPSA) is 64.0 Å². The highest BCUT2D eigenvalue weighted by molar-refractivity contribution is 6.35. The number of nitrogens with one attached hydrogen (secondary N) is 1. The molecule has 0 atom stereocenters. The Bertz CT molecular complexity index is 1430. The number of benzene rings is 3. The summed E-state index contributed by atoms with van der Waals surface area (Å²) in [7, 11) is 0. The van der Waals surface area contributed by atoms with Gasteiger partial charge in [0.2, 0.25) is 0 Å². The number of fused-ring (bicyclic) bond motifs is 1. The van der Waals surface area contributed by atoms with E-state index >= 15 is 0 Å². The van der Waals surface area contributed by atoms with Crippen molar-refractivity contribution >= 4 is 40.1 Å². The van der Waals surface area contributed by atoms with Gasteiger partial charge in [-0.2, -0.15) is 13.2 Å². The van der Waals surface area contributed by atoms with Crippen LogP contribution in [0.3, 0.4) is 0 Å². The number of carbonyl (C=O) groups is 1. The Hall–Kier alpha value is -3.36. The SMILES string of the molecule is O=C(NCc1ccc(Cl)cc1Cl)c1nc2ccccc2n(-c2cccc(C(F)(F)F)c2)c1=O. The number of aromatic nitrogens is 2. The Morgan fingerprint density at radius 2 is 1.76 bits per heavy atom. The van der Waals surface area contributed by atoms with E-state index in [-0.39, 0.29) is 23.3 Å². The van der Waals surface area contributed by atoms with Crippen LogP contribution in [-0.2, 0) is 12.7 Å². The van der Waals surface area contributed by atoms with Crippen LogP contribution in [0.25, 0.3) is 16.7 Å². The maximum Gasteiger partial charge on any atom is 0.416 e. The summed E-state index contributed by atoms with van der Waals surface area (Å²) in [6.07, 6.45) is -4.60. The molecular formula is C23H14Cl2F3N3O2. The number of hydrogen-bond acceptors (Lipinski definition) is 3. The Morgan fingerprint density at radius 3 is 2.48 bits per heavy atom. The van der Waals surface area contributed by atoms with Gasteiger partial charge in [-0.25, -0.2) is 4.98 Å². The van der Waals surface area contributed by atoms with Crippen LogP contribution in [0.1, 0.15) is 21.6 Å². The van der Waals surface area contributed by atoms with Gasteiger partial charge in [-0.1, -0.05) is 47.5 Å². The van der Waals surface area contributed by atoms with Gasteiger partial charge in [-0.15, -0.1) is 0 Å². The molecule has 5 nitrogen and oxygen atoms in total. The second-order valence-corrected chi connectivity index (χ2v) is 7.90. The lowest BCUT2D eigenvalue weighted by Gasteiger charge is -2.14. The van der Waals surface area contributed by atoms with Crippen LogP contribution in [0.4, 0.5) is 13.2 Å². The highest BCUT2D eigenvalue weighted by atomic mass is 35.5. The second kappa shape index (κ2) is 8.88. The largest absolute Gasteiger partial charge is 0.416 e. The molecule has 0 aliphatic heterocycles.